The minimum absolute atomic E-state index is 0.000344. The zero-order valence-electron chi connectivity index (χ0n) is 9.89. The molecule has 5 heteroatoms. The van der Waals surface area contributed by atoms with Gasteiger partial charge in [0.1, 0.15) is 5.25 Å². The molecular weight excluding hydrogens is 324 g/mol. The van der Waals surface area contributed by atoms with Gasteiger partial charge in [-0.15, -0.1) is 11.8 Å². The zero-order valence-corrected chi connectivity index (χ0v) is 12.3. The molecule has 0 radical (unpaired) electrons. The van der Waals surface area contributed by atoms with Gasteiger partial charge >= 0.3 is 0 Å². The third-order valence-corrected chi connectivity index (χ3v) is 4.70. The number of hydrogen-bond donors (Lipinski definition) is 2. The summed E-state index contributed by atoms with van der Waals surface area (Å²) in [6.45, 7) is 0. The van der Waals surface area contributed by atoms with Crippen molar-refractivity contribution in [1.29, 1.82) is 0 Å². The fourth-order valence-electron chi connectivity index (χ4n) is 2.01. The first-order chi connectivity index (χ1) is 9.13. The largest absolute Gasteiger partial charge is 0.399 e. The molecule has 0 fully saturated rings. The van der Waals surface area contributed by atoms with Crippen LogP contribution in [0.5, 0.6) is 0 Å². The van der Waals surface area contributed by atoms with E-state index in [4.69, 9.17) is 5.73 Å². The molecule has 3 nitrogen and oxygen atoms in total. The average molecular weight is 335 g/mol. The molecule has 1 aliphatic rings. The molecule has 1 amide bonds. The Labute approximate surface area is 123 Å². The number of nitrogens with one attached hydrogen (secondary N) is 1. The lowest BCUT2D eigenvalue weighted by Gasteiger charge is -2.24. The number of carbonyl (C=O) groups excluding carboxylic acids is 1. The molecule has 0 aliphatic carbocycles. The number of thioether (sulfide) groups is 1. The molecule has 0 saturated carbocycles. The molecule has 3 N–H and O–H groups in total. The number of fused-ring (bicyclic) bond motifs is 1. The molecule has 0 aromatic heterocycles. The van der Waals surface area contributed by atoms with Gasteiger partial charge in [0, 0.05) is 15.1 Å². The number of amides is 1. The summed E-state index contributed by atoms with van der Waals surface area (Å²) in [7, 11) is 0. The molecule has 96 valence electrons. The first kappa shape index (κ1) is 12.6. The van der Waals surface area contributed by atoms with E-state index in [1.54, 1.807) is 6.07 Å². The lowest BCUT2D eigenvalue weighted by molar-refractivity contribution is -0.115. The number of rotatable bonds is 1. The number of benzene rings is 2. The maximum absolute atomic E-state index is 12.2. The van der Waals surface area contributed by atoms with E-state index >= 15 is 0 Å². The van der Waals surface area contributed by atoms with Gasteiger partial charge < -0.3 is 11.1 Å². The molecule has 1 heterocycles. The SMILES string of the molecule is Nc1ccc2c(c1)SC(c1cccc(Br)c1)C(=O)N2. The Hall–Kier alpha value is -1.46. The van der Waals surface area contributed by atoms with E-state index in [9.17, 15) is 4.79 Å². The Kier molecular flexibility index (Phi) is 3.24. The second-order valence-corrected chi connectivity index (χ2v) is 6.36. The zero-order chi connectivity index (χ0) is 13.4. The van der Waals surface area contributed by atoms with Gasteiger partial charge in [0.2, 0.25) is 5.91 Å². The predicted molar refractivity (Wildman–Crippen MR) is 82.2 cm³/mol. The standard InChI is InChI=1S/C14H11BrN2OS/c15-9-3-1-2-8(6-9)13-14(18)17-11-5-4-10(16)7-12(11)19-13/h1-7,13H,16H2,(H,17,18). The Balaban J connectivity index is 1.99. The third kappa shape index (κ3) is 2.48. The van der Waals surface area contributed by atoms with Crippen LogP contribution in [-0.2, 0) is 4.79 Å². The highest BCUT2D eigenvalue weighted by Gasteiger charge is 2.28. The minimum atomic E-state index is -0.244. The summed E-state index contributed by atoms with van der Waals surface area (Å²) in [6.07, 6.45) is 0. The minimum Gasteiger partial charge on any atom is -0.399 e. The Morgan fingerprint density at radius 3 is 2.84 bits per heavy atom. The summed E-state index contributed by atoms with van der Waals surface area (Å²) in [5.74, 6) is 0.000344. The third-order valence-electron chi connectivity index (χ3n) is 2.90. The molecule has 0 spiro atoms. The average Bonchev–Trinajstić information content (AvgIpc) is 2.38. The van der Waals surface area contributed by atoms with E-state index in [-0.39, 0.29) is 11.2 Å². The van der Waals surface area contributed by atoms with Crippen molar-refractivity contribution in [1.82, 2.24) is 0 Å². The molecule has 19 heavy (non-hydrogen) atoms. The molecule has 1 atom stereocenters. The van der Waals surface area contributed by atoms with Gasteiger partial charge in [0.15, 0.2) is 0 Å². The van der Waals surface area contributed by atoms with Crippen LogP contribution in [0.1, 0.15) is 10.8 Å². The molecule has 0 saturated heterocycles. The predicted octanol–water partition coefficient (Wildman–Crippen LogP) is 3.82. The fourth-order valence-corrected chi connectivity index (χ4v) is 3.58. The fraction of sp³-hybridized carbons (Fsp3) is 0.0714. The monoisotopic (exact) mass is 334 g/mol. The van der Waals surface area contributed by atoms with Crippen LogP contribution >= 0.6 is 27.7 Å². The van der Waals surface area contributed by atoms with Crippen LogP contribution in [-0.4, -0.2) is 5.91 Å². The van der Waals surface area contributed by atoms with Crippen LogP contribution in [0.2, 0.25) is 0 Å². The van der Waals surface area contributed by atoms with E-state index in [1.807, 2.05) is 36.4 Å². The smallest absolute Gasteiger partial charge is 0.242 e. The van der Waals surface area contributed by atoms with Crippen molar-refractivity contribution in [2.75, 3.05) is 11.1 Å². The van der Waals surface area contributed by atoms with E-state index < -0.39 is 0 Å². The first-order valence-corrected chi connectivity index (χ1v) is 7.43. The summed E-state index contributed by atoms with van der Waals surface area (Å²) in [4.78, 5) is 13.2. The van der Waals surface area contributed by atoms with E-state index in [0.717, 1.165) is 20.6 Å². The number of halogens is 1. The highest BCUT2D eigenvalue weighted by atomic mass is 79.9. The highest BCUT2D eigenvalue weighted by molar-refractivity contribution is 9.10. The number of anilines is 2. The summed E-state index contributed by atoms with van der Waals surface area (Å²) in [5, 5.41) is 2.68. The number of carbonyl (C=O) groups is 1. The van der Waals surface area contributed by atoms with Gasteiger partial charge in [-0.05, 0) is 35.9 Å². The highest BCUT2D eigenvalue weighted by Crippen LogP contribution is 2.44. The maximum atomic E-state index is 12.2. The Morgan fingerprint density at radius 2 is 2.05 bits per heavy atom. The summed E-state index contributed by atoms with van der Waals surface area (Å²) >= 11 is 4.96. The first-order valence-electron chi connectivity index (χ1n) is 5.76. The van der Waals surface area contributed by atoms with Gasteiger partial charge in [-0.1, -0.05) is 28.1 Å². The van der Waals surface area contributed by atoms with Gasteiger partial charge in [-0.2, -0.15) is 0 Å². The van der Waals surface area contributed by atoms with Crippen molar-refractivity contribution in [3.63, 3.8) is 0 Å². The lowest BCUT2D eigenvalue weighted by atomic mass is 10.1. The van der Waals surface area contributed by atoms with E-state index in [2.05, 4.69) is 21.2 Å². The van der Waals surface area contributed by atoms with Crippen LogP contribution in [0.15, 0.2) is 51.8 Å². The Bertz CT molecular complexity index is 660. The van der Waals surface area contributed by atoms with Crippen molar-refractivity contribution in [3.8, 4) is 0 Å². The van der Waals surface area contributed by atoms with E-state index in [1.165, 1.54) is 11.8 Å². The van der Waals surface area contributed by atoms with Gasteiger partial charge in [-0.3, -0.25) is 4.79 Å². The van der Waals surface area contributed by atoms with Crippen molar-refractivity contribution in [2.24, 2.45) is 0 Å². The second-order valence-electron chi connectivity index (χ2n) is 4.30. The molecule has 1 unspecified atom stereocenters. The summed E-state index contributed by atoms with van der Waals surface area (Å²) in [6, 6.07) is 13.3. The quantitative estimate of drug-likeness (QED) is 0.779. The van der Waals surface area contributed by atoms with E-state index in [0.29, 0.717) is 5.69 Å². The normalized spacial score (nSPS) is 17.7. The van der Waals surface area contributed by atoms with Crippen LogP contribution in [0, 0.1) is 0 Å². The van der Waals surface area contributed by atoms with Crippen LogP contribution in [0.4, 0.5) is 11.4 Å². The molecule has 2 aromatic rings. The van der Waals surface area contributed by atoms with Gasteiger partial charge in [-0.25, -0.2) is 0 Å². The van der Waals surface area contributed by atoms with Gasteiger partial charge in [0.05, 0.1) is 5.69 Å². The van der Waals surface area contributed by atoms with Crippen molar-refractivity contribution in [3.05, 3.63) is 52.5 Å². The van der Waals surface area contributed by atoms with Gasteiger partial charge in [0.25, 0.3) is 0 Å². The molecule has 2 aromatic carbocycles. The van der Waals surface area contributed by atoms with Crippen LogP contribution in [0.3, 0.4) is 0 Å². The molecule has 0 bridgehead atoms. The topological polar surface area (TPSA) is 55.1 Å². The maximum Gasteiger partial charge on any atom is 0.242 e. The molecule has 3 rings (SSSR count). The number of hydrogen-bond acceptors (Lipinski definition) is 3. The summed E-state index contributed by atoms with van der Waals surface area (Å²) in [5.41, 5.74) is 8.30. The van der Waals surface area contributed by atoms with Crippen LogP contribution < -0.4 is 11.1 Å². The number of nitrogens with two attached hydrogens (primary N) is 1. The lowest BCUT2D eigenvalue weighted by Crippen LogP contribution is -2.23. The van der Waals surface area contributed by atoms with Crippen LogP contribution in [0.25, 0.3) is 0 Å². The van der Waals surface area contributed by atoms with Crippen molar-refractivity contribution in [2.45, 2.75) is 10.1 Å². The molecule has 1 aliphatic heterocycles. The second kappa shape index (κ2) is 4.90. The van der Waals surface area contributed by atoms with Crippen molar-refractivity contribution < 1.29 is 4.79 Å². The van der Waals surface area contributed by atoms with Crippen molar-refractivity contribution >= 4 is 45.0 Å². The number of nitrogen functional groups attached to an aromatic ring is 1. The Morgan fingerprint density at radius 1 is 1.21 bits per heavy atom. The molecular formula is C14H11BrN2OS. The summed E-state index contributed by atoms with van der Waals surface area (Å²) < 4.78 is 0.969.